The highest BCUT2D eigenvalue weighted by Gasteiger charge is 2.20. The molecule has 0 saturated carbocycles. The fourth-order valence-electron chi connectivity index (χ4n) is 3.39. The van der Waals surface area contributed by atoms with Crippen LogP contribution in [0.2, 0.25) is 0 Å². The van der Waals surface area contributed by atoms with Crippen LogP contribution in [0.1, 0.15) is 18.4 Å². The number of carbonyl (C=O) groups excluding carboxylic acids is 1. The minimum Gasteiger partial charge on any atom is -0.368 e. The van der Waals surface area contributed by atoms with Crippen LogP contribution in [-0.4, -0.2) is 50.1 Å². The third-order valence-electron chi connectivity index (χ3n) is 4.93. The Bertz CT molecular complexity index is 652. The zero-order chi connectivity index (χ0) is 18.0. The minimum atomic E-state index is 0.272. The van der Waals surface area contributed by atoms with Gasteiger partial charge in [-0.2, -0.15) is 0 Å². The van der Waals surface area contributed by atoms with E-state index in [2.05, 4.69) is 58.7 Å². The second-order valence-electron chi connectivity index (χ2n) is 6.79. The number of amides is 1. The summed E-state index contributed by atoms with van der Waals surface area (Å²) < 4.78 is 0. The third-order valence-corrected chi connectivity index (χ3v) is 4.93. The number of carbonyl (C=O) groups is 1. The van der Waals surface area contributed by atoms with Crippen molar-refractivity contribution >= 4 is 11.6 Å². The molecule has 0 aromatic heterocycles. The van der Waals surface area contributed by atoms with Crippen LogP contribution >= 0.6 is 0 Å². The molecule has 1 aliphatic heterocycles. The van der Waals surface area contributed by atoms with Gasteiger partial charge in [0.2, 0.25) is 5.91 Å². The maximum Gasteiger partial charge on any atom is 0.223 e. The molecule has 138 valence electrons. The molecule has 4 heteroatoms. The van der Waals surface area contributed by atoms with E-state index in [4.69, 9.17) is 0 Å². The van der Waals surface area contributed by atoms with Crippen LogP contribution < -0.4 is 10.2 Å². The normalized spacial score (nSPS) is 14.5. The lowest BCUT2D eigenvalue weighted by Gasteiger charge is -2.36. The van der Waals surface area contributed by atoms with E-state index in [1.165, 1.54) is 11.3 Å². The number of benzene rings is 2. The van der Waals surface area contributed by atoms with E-state index in [-0.39, 0.29) is 5.91 Å². The number of anilines is 1. The zero-order valence-electron chi connectivity index (χ0n) is 15.4. The highest BCUT2D eigenvalue weighted by molar-refractivity contribution is 5.76. The molecule has 1 aliphatic rings. The van der Waals surface area contributed by atoms with E-state index in [1.54, 1.807) is 0 Å². The summed E-state index contributed by atoms with van der Waals surface area (Å²) in [5, 5.41) is 3.40. The Labute approximate surface area is 156 Å². The van der Waals surface area contributed by atoms with E-state index in [0.29, 0.717) is 6.42 Å². The van der Waals surface area contributed by atoms with Gasteiger partial charge in [-0.05, 0) is 37.1 Å². The van der Waals surface area contributed by atoms with Gasteiger partial charge in [0.25, 0.3) is 0 Å². The maximum atomic E-state index is 12.4. The van der Waals surface area contributed by atoms with E-state index >= 15 is 0 Å². The molecule has 1 N–H and O–H groups in total. The van der Waals surface area contributed by atoms with Gasteiger partial charge in [-0.15, -0.1) is 0 Å². The molecule has 0 atom stereocenters. The van der Waals surface area contributed by atoms with Gasteiger partial charge in [0.1, 0.15) is 0 Å². The maximum absolute atomic E-state index is 12.4. The number of nitrogens with zero attached hydrogens (tertiary/aromatic N) is 2. The number of para-hydroxylation sites is 1. The Morgan fingerprint density at radius 1 is 0.846 bits per heavy atom. The van der Waals surface area contributed by atoms with Crippen molar-refractivity contribution < 1.29 is 4.79 Å². The summed E-state index contributed by atoms with van der Waals surface area (Å²) in [6, 6.07) is 21.0. The molecule has 0 spiro atoms. The summed E-state index contributed by atoms with van der Waals surface area (Å²) in [6.07, 6.45) is 2.79. The van der Waals surface area contributed by atoms with Gasteiger partial charge in [-0.1, -0.05) is 48.5 Å². The van der Waals surface area contributed by atoms with Gasteiger partial charge in [0, 0.05) is 44.8 Å². The summed E-state index contributed by atoms with van der Waals surface area (Å²) in [4.78, 5) is 16.7. The topological polar surface area (TPSA) is 35.6 Å². The van der Waals surface area contributed by atoms with Gasteiger partial charge >= 0.3 is 0 Å². The molecule has 1 amide bonds. The van der Waals surface area contributed by atoms with Gasteiger partial charge < -0.3 is 15.1 Å². The number of piperazine rings is 1. The molecule has 1 heterocycles. The van der Waals surface area contributed by atoms with Crippen LogP contribution in [0.3, 0.4) is 0 Å². The molecule has 0 aliphatic carbocycles. The predicted octanol–water partition coefficient (Wildman–Crippen LogP) is 2.95. The molecule has 0 bridgehead atoms. The monoisotopic (exact) mass is 351 g/mol. The Morgan fingerprint density at radius 2 is 1.50 bits per heavy atom. The summed E-state index contributed by atoms with van der Waals surface area (Å²) in [7, 11) is 0. The first-order valence-corrected chi connectivity index (χ1v) is 9.65. The molecule has 3 rings (SSSR count). The first-order valence-electron chi connectivity index (χ1n) is 9.65. The van der Waals surface area contributed by atoms with Gasteiger partial charge in [-0.25, -0.2) is 0 Å². The van der Waals surface area contributed by atoms with Crippen LogP contribution in [-0.2, 0) is 11.2 Å². The van der Waals surface area contributed by atoms with Gasteiger partial charge in [0.05, 0.1) is 0 Å². The van der Waals surface area contributed by atoms with E-state index in [1.807, 2.05) is 17.0 Å². The standard InChI is InChI=1S/C22H29N3O/c26-22(13-15-23-14-7-10-20-8-3-1-4-9-20)25-18-16-24(17-19-25)21-11-5-2-6-12-21/h1-6,8-9,11-12,23H,7,10,13-19H2. The van der Waals surface area contributed by atoms with Crippen molar-refractivity contribution in [1.29, 1.82) is 0 Å². The number of nitrogens with one attached hydrogen (secondary N) is 1. The number of hydrogen-bond donors (Lipinski definition) is 1. The molecule has 2 aromatic rings. The second-order valence-corrected chi connectivity index (χ2v) is 6.79. The molecule has 26 heavy (non-hydrogen) atoms. The molecule has 1 fully saturated rings. The number of hydrogen-bond acceptors (Lipinski definition) is 3. The SMILES string of the molecule is O=C(CCNCCCc1ccccc1)N1CCN(c2ccccc2)CC1. The first kappa shape index (κ1) is 18.5. The second kappa shape index (κ2) is 9.97. The van der Waals surface area contributed by atoms with Gasteiger partial charge in [-0.3, -0.25) is 4.79 Å². The molecule has 0 unspecified atom stereocenters. The fourth-order valence-corrected chi connectivity index (χ4v) is 3.39. The summed E-state index contributed by atoms with van der Waals surface area (Å²) in [5.41, 5.74) is 2.63. The third kappa shape index (κ3) is 5.60. The zero-order valence-corrected chi connectivity index (χ0v) is 15.4. The minimum absolute atomic E-state index is 0.272. The van der Waals surface area contributed by atoms with Crippen molar-refractivity contribution in [3.8, 4) is 0 Å². The average molecular weight is 351 g/mol. The Kier molecular flexibility index (Phi) is 7.08. The number of rotatable bonds is 8. The van der Waals surface area contributed by atoms with Crippen LogP contribution in [0.25, 0.3) is 0 Å². The van der Waals surface area contributed by atoms with Crippen LogP contribution in [0.15, 0.2) is 60.7 Å². The van der Waals surface area contributed by atoms with Crippen LogP contribution in [0.4, 0.5) is 5.69 Å². The van der Waals surface area contributed by atoms with Gasteiger partial charge in [0.15, 0.2) is 0 Å². The van der Waals surface area contributed by atoms with Crippen LogP contribution in [0, 0.1) is 0 Å². The van der Waals surface area contributed by atoms with E-state index < -0.39 is 0 Å². The molecule has 0 radical (unpaired) electrons. The van der Waals surface area contributed by atoms with E-state index in [9.17, 15) is 4.79 Å². The first-order chi connectivity index (χ1) is 12.8. The lowest BCUT2D eigenvalue weighted by atomic mass is 10.1. The average Bonchev–Trinajstić information content (AvgIpc) is 2.72. The summed E-state index contributed by atoms with van der Waals surface area (Å²) in [6.45, 7) is 5.21. The summed E-state index contributed by atoms with van der Waals surface area (Å²) in [5.74, 6) is 0.272. The van der Waals surface area contributed by atoms with Crippen molar-refractivity contribution in [3.05, 3.63) is 66.2 Å². The lowest BCUT2D eigenvalue weighted by molar-refractivity contribution is -0.131. The van der Waals surface area contributed by atoms with Crippen molar-refractivity contribution in [1.82, 2.24) is 10.2 Å². The molecule has 2 aromatic carbocycles. The smallest absolute Gasteiger partial charge is 0.223 e. The van der Waals surface area contributed by atoms with Crippen LogP contribution in [0.5, 0.6) is 0 Å². The Hall–Kier alpha value is -2.33. The summed E-state index contributed by atoms with van der Waals surface area (Å²) >= 11 is 0. The highest BCUT2D eigenvalue weighted by Crippen LogP contribution is 2.15. The Balaban J connectivity index is 1.27. The molecular formula is C22H29N3O. The van der Waals surface area contributed by atoms with Crippen molar-refractivity contribution in [3.63, 3.8) is 0 Å². The number of aryl methyl sites for hydroxylation is 1. The van der Waals surface area contributed by atoms with Crippen molar-refractivity contribution in [2.24, 2.45) is 0 Å². The quantitative estimate of drug-likeness (QED) is 0.743. The van der Waals surface area contributed by atoms with E-state index in [0.717, 1.165) is 52.1 Å². The largest absolute Gasteiger partial charge is 0.368 e. The lowest BCUT2D eigenvalue weighted by Crippen LogP contribution is -2.49. The molecule has 1 saturated heterocycles. The van der Waals surface area contributed by atoms with Crippen molar-refractivity contribution in [2.75, 3.05) is 44.2 Å². The molecular weight excluding hydrogens is 322 g/mol. The Morgan fingerprint density at radius 3 is 2.19 bits per heavy atom. The predicted molar refractivity (Wildman–Crippen MR) is 107 cm³/mol. The fraction of sp³-hybridized carbons (Fsp3) is 0.409. The van der Waals surface area contributed by atoms with Crippen molar-refractivity contribution in [2.45, 2.75) is 19.3 Å². The molecule has 4 nitrogen and oxygen atoms in total. The highest BCUT2D eigenvalue weighted by atomic mass is 16.2.